The minimum Gasteiger partial charge on any atom is -0.497 e. The molecule has 9 unspecified atom stereocenters. The SMILES string of the molecule is C=C1C2=NC(CCC(=O)NC(Cc3ccc(OC)cc3)C(=O)N(C)C(C)C(=O)N(C)C(C(C)CC)C(=O)N3CCCC3C(=O)OC(C(C)(C)C)CC(C)CC1O)CS2. The van der Waals surface area contributed by atoms with E-state index in [4.69, 9.17) is 14.5 Å². The first-order valence-electron chi connectivity index (χ1n) is 20.8. The van der Waals surface area contributed by atoms with E-state index in [2.05, 4.69) is 11.9 Å². The van der Waals surface area contributed by atoms with Crippen molar-refractivity contribution in [3.63, 3.8) is 0 Å². The van der Waals surface area contributed by atoms with Crippen molar-refractivity contribution in [1.82, 2.24) is 20.0 Å². The van der Waals surface area contributed by atoms with Crippen molar-refractivity contribution in [2.24, 2.45) is 22.2 Å². The minimum atomic E-state index is -0.991. The van der Waals surface area contributed by atoms with Crippen LogP contribution in [0.4, 0.5) is 0 Å². The Morgan fingerprint density at radius 1 is 1.02 bits per heavy atom. The van der Waals surface area contributed by atoms with Gasteiger partial charge in [-0.3, -0.25) is 24.2 Å². The molecule has 322 valence electrons. The molecule has 14 heteroatoms. The first kappa shape index (κ1) is 46.8. The molecule has 3 aliphatic heterocycles. The third-order valence-corrected chi connectivity index (χ3v) is 13.3. The van der Waals surface area contributed by atoms with Gasteiger partial charge in [0.2, 0.25) is 23.6 Å². The van der Waals surface area contributed by atoms with Crippen LogP contribution in [0.5, 0.6) is 5.75 Å². The average molecular weight is 826 g/mol. The Labute approximate surface area is 349 Å². The van der Waals surface area contributed by atoms with Gasteiger partial charge in [0.05, 0.1) is 24.3 Å². The first-order chi connectivity index (χ1) is 27.3. The van der Waals surface area contributed by atoms with Gasteiger partial charge in [-0.15, -0.1) is 11.8 Å². The highest BCUT2D eigenvalue weighted by molar-refractivity contribution is 8.14. The van der Waals surface area contributed by atoms with Crippen LogP contribution in [0.15, 0.2) is 41.4 Å². The maximum absolute atomic E-state index is 14.5. The van der Waals surface area contributed by atoms with Gasteiger partial charge in [-0.1, -0.05) is 66.7 Å². The average Bonchev–Trinajstić information content (AvgIpc) is 3.88. The number of aliphatic hydroxyl groups is 1. The number of rotatable bonds is 5. The third kappa shape index (κ3) is 11.6. The third-order valence-electron chi connectivity index (χ3n) is 12.1. The Hall–Kier alpha value is -3.91. The molecule has 1 aromatic rings. The lowest BCUT2D eigenvalue weighted by molar-refractivity contribution is -0.166. The number of carbonyl (C=O) groups excluding carboxylic acids is 5. The van der Waals surface area contributed by atoms with Crippen molar-refractivity contribution >= 4 is 46.4 Å². The highest BCUT2D eigenvalue weighted by Crippen LogP contribution is 2.34. The molecule has 3 aliphatic rings. The molecule has 0 spiro atoms. The predicted molar refractivity (Wildman–Crippen MR) is 227 cm³/mol. The van der Waals surface area contributed by atoms with Crippen molar-refractivity contribution in [1.29, 1.82) is 0 Å². The zero-order chi connectivity index (χ0) is 43.1. The molecule has 1 saturated heterocycles. The van der Waals surface area contributed by atoms with Gasteiger partial charge in [0.15, 0.2) is 0 Å². The summed E-state index contributed by atoms with van der Waals surface area (Å²) < 4.78 is 11.6. The summed E-state index contributed by atoms with van der Waals surface area (Å²) in [5, 5.41) is 14.9. The monoisotopic (exact) mass is 825 g/mol. The number of thioether (sulfide) groups is 1. The molecular weight excluding hydrogens is 759 g/mol. The molecule has 3 heterocycles. The number of ether oxygens (including phenoxy) is 2. The van der Waals surface area contributed by atoms with Crippen LogP contribution >= 0.6 is 11.8 Å². The Bertz CT molecular complexity index is 1680. The zero-order valence-corrected chi connectivity index (χ0v) is 37.1. The molecule has 0 saturated carbocycles. The molecule has 9 atom stereocenters. The number of nitrogens with one attached hydrogen (secondary N) is 1. The number of esters is 1. The van der Waals surface area contributed by atoms with Crippen molar-refractivity contribution in [2.45, 2.75) is 142 Å². The van der Waals surface area contributed by atoms with E-state index in [1.54, 1.807) is 38.1 Å². The van der Waals surface area contributed by atoms with Gasteiger partial charge in [-0.2, -0.15) is 0 Å². The number of carbonyl (C=O) groups is 5. The summed E-state index contributed by atoms with van der Waals surface area (Å²) in [6.07, 6.45) is 1.88. The van der Waals surface area contributed by atoms with Gasteiger partial charge < -0.3 is 34.6 Å². The highest BCUT2D eigenvalue weighted by Gasteiger charge is 2.44. The molecule has 4 amide bonds. The smallest absolute Gasteiger partial charge is 0.329 e. The van der Waals surface area contributed by atoms with Gasteiger partial charge in [0.1, 0.15) is 36.0 Å². The van der Waals surface area contributed by atoms with Crippen LogP contribution in [-0.4, -0.2) is 130 Å². The normalized spacial score (nSPS) is 29.9. The standard InChI is InChI=1S/C44H67N5O8S/c1-12-27(3)38-42(54)49-21-13-14-34(49)43(55)57-36(44(6,7)8)23-26(2)22-35(50)28(4)39-45-31(25-58-39)17-20-37(51)46-33(24-30-15-18-32(56-11)19-16-30)41(53)47(9)29(5)40(52)48(38)10/h15-16,18-19,26-27,29,31,33-36,38,50H,4,12-14,17,20-25H2,1-3,5-11H3,(H,46,51). The van der Waals surface area contributed by atoms with E-state index in [9.17, 15) is 29.1 Å². The topological polar surface area (TPSA) is 158 Å². The molecule has 1 fully saturated rings. The summed E-state index contributed by atoms with van der Waals surface area (Å²) in [6, 6.07) is 3.37. The molecule has 0 aromatic heterocycles. The number of benzene rings is 1. The fourth-order valence-electron chi connectivity index (χ4n) is 7.92. The molecule has 1 aromatic carbocycles. The van der Waals surface area contributed by atoms with Crippen molar-refractivity contribution in [3.05, 3.63) is 42.0 Å². The van der Waals surface area contributed by atoms with Crippen molar-refractivity contribution in [3.8, 4) is 5.75 Å². The Balaban J connectivity index is 1.69. The second-order valence-electron chi connectivity index (χ2n) is 17.6. The van der Waals surface area contributed by atoms with E-state index in [0.29, 0.717) is 67.2 Å². The van der Waals surface area contributed by atoms with E-state index >= 15 is 0 Å². The fraction of sp³-hybridized carbons (Fsp3) is 0.682. The summed E-state index contributed by atoms with van der Waals surface area (Å²) in [4.78, 5) is 79.8. The number of aliphatic hydroxyl groups excluding tert-OH is 1. The lowest BCUT2D eigenvalue weighted by Gasteiger charge is -2.39. The fourth-order valence-corrected chi connectivity index (χ4v) is 9.06. The summed E-state index contributed by atoms with van der Waals surface area (Å²) in [7, 11) is 4.68. The second-order valence-corrected chi connectivity index (χ2v) is 18.6. The maximum atomic E-state index is 14.5. The van der Waals surface area contributed by atoms with Crippen molar-refractivity contribution in [2.75, 3.05) is 33.5 Å². The lowest BCUT2D eigenvalue weighted by atomic mass is 9.82. The van der Waals surface area contributed by atoms with E-state index in [1.807, 2.05) is 53.7 Å². The largest absolute Gasteiger partial charge is 0.497 e. The van der Waals surface area contributed by atoms with Gasteiger partial charge in [-0.25, -0.2) is 4.79 Å². The van der Waals surface area contributed by atoms with E-state index < -0.39 is 59.6 Å². The number of likely N-dealkylation sites (N-methyl/N-ethyl adjacent to an activating group) is 2. The molecule has 0 aliphatic carbocycles. The second kappa shape index (κ2) is 20.4. The molecule has 2 N–H and O–H groups in total. The van der Waals surface area contributed by atoms with E-state index in [1.165, 1.54) is 28.6 Å². The number of amides is 4. The Morgan fingerprint density at radius 2 is 1.69 bits per heavy atom. The molecule has 2 bridgehead atoms. The summed E-state index contributed by atoms with van der Waals surface area (Å²) in [6.45, 7) is 18.0. The number of hydrogen-bond acceptors (Lipinski definition) is 10. The van der Waals surface area contributed by atoms with Crippen molar-refractivity contribution < 1.29 is 38.6 Å². The predicted octanol–water partition coefficient (Wildman–Crippen LogP) is 5.03. The molecule has 4 rings (SSSR count). The van der Waals surface area contributed by atoms with Crippen LogP contribution < -0.4 is 10.1 Å². The minimum absolute atomic E-state index is 0.0470. The van der Waals surface area contributed by atoms with Gasteiger partial charge >= 0.3 is 5.97 Å². The summed E-state index contributed by atoms with van der Waals surface area (Å²) in [5.41, 5.74) is 0.889. The van der Waals surface area contributed by atoms with Crippen LogP contribution in [0.2, 0.25) is 0 Å². The first-order valence-corrected chi connectivity index (χ1v) is 21.8. The van der Waals surface area contributed by atoms with Crippen LogP contribution in [0.3, 0.4) is 0 Å². The van der Waals surface area contributed by atoms with Gasteiger partial charge in [0.25, 0.3) is 0 Å². The molecule has 0 radical (unpaired) electrons. The van der Waals surface area contributed by atoms with Gasteiger partial charge in [0, 0.05) is 44.8 Å². The molecule has 13 nitrogen and oxygen atoms in total. The lowest BCUT2D eigenvalue weighted by Crippen LogP contribution is -2.59. The summed E-state index contributed by atoms with van der Waals surface area (Å²) in [5.74, 6) is -1.06. The molecular formula is C44H67N5O8S. The van der Waals surface area contributed by atoms with Crippen LogP contribution in [-0.2, 0) is 35.1 Å². The number of fused-ring (bicyclic) bond motifs is 2. The quantitative estimate of drug-likeness (QED) is 0.389. The number of methoxy groups -OCH3 is 1. The summed E-state index contributed by atoms with van der Waals surface area (Å²) >= 11 is 1.50. The number of nitrogens with zero attached hydrogens (tertiary/aromatic N) is 4. The highest BCUT2D eigenvalue weighted by atomic mass is 32.2. The number of aliphatic imine (C=N–C) groups is 1. The molecule has 58 heavy (non-hydrogen) atoms. The van der Waals surface area contributed by atoms with Crippen LogP contribution in [0.1, 0.15) is 99.0 Å². The maximum Gasteiger partial charge on any atom is 0.329 e. The number of hydrogen-bond donors (Lipinski definition) is 2. The number of cyclic esters (lactones) is 1. The Kier molecular flexibility index (Phi) is 16.4. The van der Waals surface area contributed by atoms with Gasteiger partial charge in [-0.05, 0) is 74.0 Å². The Morgan fingerprint density at radius 3 is 2.31 bits per heavy atom. The van der Waals surface area contributed by atoms with E-state index in [-0.39, 0.29) is 42.5 Å². The van der Waals surface area contributed by atoms with Crippen LogP contribution in [0.25, 0.3) is 0 Å². The van der Waals surface area contributed by atoms with E-state index in [0.717, 1.165) is 5.56 Å². The van der Waals surface area contributed by atoms with Crippen LogP contribution in [0, 0.1) is 17.3 Å². The zero-order valence-electron chi connectivity index (χ0n) is 36.3.